The monoisotopic (exact) mass is 463 g/mol. The van der Waals surface area contributed by atoms with E-state index in [4.69, 9.17) is 21.8 Å². The molecule has 0 spiro atoms. The third-order valence-corrected chi connectivity index (χ3v) is 6.49. The van der Waals surface area contributed by atoms with Crippen LogP contribution in [-0.2, 0) is 17.9 Å². The van der Waals surface area contributed by atoms with E-state index in [0.717, 1.165) is 52.6 Å². The maximum atomic E-state index is 13.4. The summed E-state index contributed by atoms with van der Waals surface area (Å²) in [6.07, 6.45) is 3.21. The number of amides is 1. The first-order valence-corrected chi connectivity index (χ1v) is 11.6. The Labute approximate surface area is 197 Å². The van der Waals surface area contributed by atoms with Crippen molar-refractivity contribution in [2.24, 2.45) is 0 Å². The molecule has 1 amide bonds. The highest BCUT2D eigenvalue weighted by atomic mass is 35.5. The molecule has 0 unspecified atom stereocenters. The van der Waals surface area contributed by atoms with Crippen LogP contribution in [0.2, 0.25) is 5.02 Å². The van der Waals surface area contributed by atoms with Crippen molar-refractivity contribution in [3.8, 4) is 0 Å². The fraction of sp³-hybridized carbons (Fsp3) is 0.320. The SMILES string of the molecule is CCC[C@H]1C(=O)N(Cc2ccc3c(N)ncnc3c2)CCN1Cc1cc2ccc(Cl)cc2o1. The number of nitrogens with zero attached hydrogens (tertiary/aromatic N) is 4. The van der Waals surface area contributed by atoms with E-state index in [1.807, 2.05) is 47.4 Å². The normalized spacial score (nSPS) is 17.3. The van der Waals surface area contributed by atoms with Crippen molar-refractivity contribution in [2.75, 3.05) is 18.8 Å². The van der Waals surface area contributed by atoms with Crippen molar-refractivity contribution in [3.63, 3.8) is 0 Å². The number of piperazine rings is 1. The number of nitrogen functional groups attached to an aromatic ring is 1. The summed E-state index contributed by atoms with van der Waals surface area (Å²) in [4.78, 5) is 26.0. The Morgan fingerprint density at radius 2 is 2.00 bits per heavy atom. The minimum Gasteiger partial charge on any atom is -0.460 e. The summed E-state index contributed by atoms with van der Waals surface area (Å²) >= 11 is 6.09. The summed E-state index contributed by atoms with van der Waals surface area (Å²) in [5.41, 5.74) is 8.54. The first-order chi connectivity index (χ1) is 16.0. The molecule has 7 nitrogen and oxygen atoms in total. The van der Waals surface area contributed by atoms with Gasteiger partial charge in [-0.2, -0.15) is 0 Å². The number of rotatable bonds is 6. The van der Waals surface area contributed by atoms with E-state index in [2.05, 4.69) is 21.8 Å². The van der Waals surface area contributed by atoms with E-state index >= 15 is 0 Å². The summed E-state index contributed by atoms with van der Waals surface area (Å²) in [5, 5.41) is 2.50. The van der Waals surface area contributed by atoms with E-state index in [9.17, 15) is 4.79 Å². The van der Waals surface area contributed by atoms with Crippen LogP contribution in [0, 0.1) is 0 Å². The molecule has 170 valence electrons. The van der Waals surface area contributed by atoms with Gasteiger partial charge in [0.1, 0.15) is 23.5 Å². The van der Waals surface area contributed by atoms with Crippen LogP contribution in [-0.4, -0.2) is 44.8 Å². The van der Waals surface area contributed by atoms with Gasteiger partial charge in [0.05, 0.1) is 18.1 Å². The number of carbonyl (C=O) groups is 1. The zero-order chi connectivity index (χ0) is 22.9. The number of halogens is 1. The van der Waals surface area contributed by atoms with Crippen LogP contribution in [0.25, 0.3) is 21.9 Å². The van der Waals surface area contributed by atoms with Crippen LogP contribution in [0.5, 0.6) is 0 Å². The van der Waals surface area contributed by atoms with Gasteiger partial charge in [-0.05, 0) is 42.3 Å². The van der Waals surface area contributed by atoms with E-state index < -0.39 is 0 Å². The zero-order valence-electron chi connectivity index (χ0n) is 18.5. The first-order valence-electron chi connectivity index (χ1n) is 11.2. The molecule has 1 atom stereocenters. The molecule has 3 heterocycles. The second-order valence-corrected chi connectivity index (χ2v) is 8.98. The lowest BCUT2D eigenvalue weighted by Crippen LogP contribution is -2.56. The molecule has 5 rings (SSSR count). The highest BCUT2D eigenvalue weighted by Gasteiger charge is 2.34. The van der Waals surface area contributed by atoms with Crippen molar-refractivity contribution in [1.82, 2.24) is 19.8 Å². The first kappa shape index (κ1) is 21.7. The van der Waals surface area contributed by atoms with Crippen molar-refractivity contribution in [2.45, 2.75) is 38.9 Å². The lowest BCUT2D eigenvalue weighted by atomic mass is 10.0. The molecule has 0 radical (unpaired) electrons. The molecule has 0 bridgehead atoms. The third kappa shape index (κ3) is 4.38. The fourth-order valence-corrected chi connectivity index (χ4v) is 4.75. The van der Waals surface area contributed by atoms with E-state index in [-0.39, 0.29) is 11.9 Å². The Hall–Kier alpha value is -3.16. The van der Waals surface area contributed by atoms with Crippen LogP contribution in [0.1, 0.15) is 31.1 Å². The predicted molar refractivity (Wildman–Crippen MR) is 130 cm³/mol. The van der Waals surface area contributed by atoms with Crippen LogP contribution in [0.4, 0.5) is 5.82 Å². The molecular formula is C25H26ClN5O2. The maximum absolute atomic E-state index is 13.4. The average Bonchev–Trinajstić information content (AvgIpc) is 3.19. The van der Waals surface area contributed by atoms with Gasteiger partial charge in [-0.15, -0.1) is 0 Å². The van der Waals surface area contributed by atoms with Gasteiger partial charge in [-0.1, -0.05) is 31.0 Å². The second kappa shape index (κ2) is 9.00. The Morgan fingerprint density at radius 1 is 1.12 bits per heavy atom. The van der Waals surface area contributed by atoms with Crippen LogP contribution >= 0.6 is 11.6 Å². The van der Waals surface area contributed by atoms with Gasteiger partial charge in [0.25, 0.3) is 0 Å². The van der Waals surface area contributed by atoms with Crippen molar-refractivity contribution >= 4 is 45.2 Å². The quantitative estimate of drug-likeness (QED) is 0.448. The number of aromatic nitrogens is 2. The Bertz CT molecular complexity index is 1320. The van der Waals surface area contributed by atoms with Gasteiger partial charge >= 0.3 is 0 Å². The van der Waals surface area contributed by atoms with Crippen LogP contribution in [0.3, 0.4) is 0 Å². The largest absolute Gasteiger partial charge is 0.460 e. The Kier molecular flexibility index (Phi) is 5.91. The molecule has 2 N–H and O–H groups in total. The minimum atomic E-state index is -0.168. The highest BCUT2D eigenvalue weighted by molar-refractivity contribution is 6.31. The average molecular weight is 464 g/mol. The van der Waals surface area contributed by atoms with Gasteiger partial charge in [-0.3, -0.25) is 9.69 Å². The third-order valence-electron chi connectivity index (χ3n) is 6.25. The molecule has 33 heavy (non-hydrogen) atoms. The number of furan rings is 1. The number of carbonyl (C=O) groups excluding carboxylic acids is 1. The number of hydrogen-bond donors (Lipinski definition) is 1. The van der Waals surface area contributed by atoms with Crippen molar-refractivity contribution < 1.29 is 9.21 Å². The van der Waals surface area contributed by atoms with Crippen molar-refractivity contribution in [1.29, 1.82) is 0 Å². The molecule has 2 aromatic heterocycles. The Balaban J connectivity index is 1.33. The molecule has 1 aliphatic rings. The van der Waals surface area contributed by atoms with Gasteiger partial charge in [-0.25, -0.2) is 9.97 Å². The van der Waals surface area contributed by atoms with E-state index in [1.165, 1.54) is 6.33 Å². The summed E-state index contributed by atoms with van der Waals surface area (Å²) in [6.45, 7) is 4.71. The molecule has 8 heteroatoms. The standard InChI is InChI=1S/C25H26ClN5O2/c1-2-3-22-25(32)31(13-16-4-7-20-21(10-16)28-15-29-24(20)27)9-8-30(22)14-19-11-17-5-6-18(26)12-23(17)33-19/h4-7,10-12,15,22H,2-3,8-9,13-14H2,1H3,(H2,27,28,29)/t22-/m0/s1. The molecule has 1 fully saturated rings. The lowest BCUT2D eigenvalue weighted by molar-refractivity contribution is -0.143. The lowest BCUT2D eigenvalue weighted by Gasteiger charge is -2.40. The summed E-state index contributed by atoms with van der Waals surface area (Å²) < 4.78 is 6.01. The Morgan fingerprint density at radius 3 is 2.85 bits per heavy atom. The zero-order valence-corrected chi connectivity index (χ0v) is 19.3. The number of nitrogens with two attached hydrogens (primary N) is 1. The van der Waals surface area contributed by atoms with Gasteiger partial charge in [0.15, 0.2) is 0 Å². The number of anilines is 1. The molecule has 1 saturated heterocycles. The van der Waals surface area contributed by atoms with Crippen LogP contribution in [0.15, 0.2) is 53.2 Å². The highest BCUT2D eigenvalue weighted by Crippen LogP contribution is 2.27. The number of hydrogen-bond acceptors (Lipinski definition) is 6. The van der Waals surface area contributed by atoms with E-state index in [1.54, 1.807) is 0 Å². The molecular weight excluding hydrogens is 438 g/mol. The molecule has 0 saturated carbocycles. The maximum Gasteiger partial charge on any atom is 0.240 e. The molecule has 1 aliphatic heterocycles. The van der Waals surface area contributed by atoms with E-state index in [0.29, 0.717) is 30.5 Å². The second-order valence-electron chi connectivity index (χ2n) is 8.54. The summed E-state index contributed by atoms with van der Waals surface area (Å²) in [5.74, 6) is 1.47. The number of fused-ring (bicyclic) bond motifs is 2. The fourth-order valence-electron chi connectivity index (χ4n) is 4.59. The minimum absolute atomic E-state index is 0.157. The topological polar surface area (TPSA) is 88.5 Å². The van der Waals surface area contributed by atoms with Gasteiger partial charge in [0.2, 0.25) is 5.91 Å². The predicted octanol–water partition coefficient (Wildman–Crippen LogP) is 4.62. The smallest absolute Gasteiger partial charge is 0.240 e. The molecule has 4 aromatic rings. The summed E-state index contributed by atoms with van der Waals surface area (Å²) in [7, 11) is 0. The molecule has 0 aliphatic carbocycles. The number of benzene rings is 2. The molecule has 2 aromatic carbocycles. The summed E-state index contributed by atoms with van der Waals surface area (Å²) in [6, 6.07) is 13.4. The van der Waals surface area contributed by atoms with Gasteiger partial charge in [0, 0.05) is 41.5 Å². The van der Waals surface area contributed by atoms with Crippen molar-refractivity contribution in [3.05, 3.63) is 65.1 Å². The van der Waals surface area contributed by atoms with Crippen LogP contribution < -0.4 is 5.73 Å². The van der Waals surface area contributed by atoms with Gasteiger partial charge < -0.3 is 15.1 Å².